The number of nitrogens with one attached hydrogen (secondary N) is 1. The Morgan fingerprint density at radius 3 is 2.83 bits per heavy atom. The lowest BCUT2D eigenvalue weighted by atomic mass is 9.95. The summed E-state index contributed by atoms with van der Waals surface area (Å²) in [6.45, 7) is 6.68. The predicted octanol–water partition coefficient (Wildman–Crippen LogP) is 2.92. The van der Waals surface area contributed by atoms with Gasteiger partial charge in [0.25, 0.3) is 0 Å². The largest absolute Gasteiger partial charge is 0.303 e. The van der Waals surface area contributed by atoms with Crippen molar-refractivity contribution in [2.45, 2.75) is 70.4 Å². The maximum Gasteiger partial charge on any atom is 0.103 e. The third-order valence-corrected chi connectivity index (χ3v) is 4.29. The summed E-state index contributed by atoms with van der Waals surface area (Å²) in [6.07, 6.45) is 8.79. The molecule has 1 aliphatic heterocycles. The van der Waals surface area contributed by atoms with Crippen LogP contribution in [0.4, 0.5) is 0 Å². The van der Waals surface area contributed by atoms with Crippen LogP contribution >= 0.6 is 0 Å². The van der Waals surface area contributed by atoms with Crippen molar-refractivity contribution in [3.05, 3.63) is 0 Å². The van der Waals surface area contributed by atoms with E-state index in [0.717, 1.165) is 25.4 Å². The molecule has 3 heteroatoms. The summed E-state index contributed by atoms with van der Waals surface area (Å²) in [5.41, 5.74) is -0.351. The molecule has 1 rings (SSSR count). The Bertz CT molecular complexity index is 269. The van der Waals surface area contributed by atoms with Gasteiger partial charge in [-0.25, -0.2) is 0 Å². The molecule has 18 heavy (non-hydrogen) atoms. The summed E-state index contributed by atoms with van der Waals surface area (Å²) in [6, 6.07) is 3.17. The highest BCUT2D eigenvalue weighted by molar-refractivity contribution is 5.02. The van der Waals surface area contributed by atoms with Crippen molar-refractivity contribution in [2.24, 2.45) is 0 Å². The predicted molar refractivity (Wildman–Crippen MR) is 76.4 cm³/mol. The van der Waals surface area contributed by atoms with E-state index in [0.29, 0.717) is 0 Å². The van der Waals surface area contributed by atoms with Gasteiger partial charge in [0.1, 0.15) is 5.54 Å². The molecule has 0 aromatic rings. The maximum absolute atomic E-state index is 9.13. The average molecular weight is 251 g/mol. The van der Waals surface area contributed by atoms with E-state index in [2.05, 4.69) is 23.2 Å². The van der Waals surface area contributed by atoms with E-state index in [4.69, 9.17) is 5.26 Å². The van der Waals surface area contributed by atoms with Crippen LogP contribution in [0.25, 0.3) is 0 Å². The zero-order valence-electron chi connectivity index (χ0n) is 12.3. The standard InChI is InChI=1S/C15H29N3/c1-4-8-14-9-5-6-11-18(14)12-7-10-15(2,13-16)17-3/h14,17H,4-12H2,1-3H3. The van der Waals surface area contributed by atoms with Gasteiger partial charge in [-0.1, -0.05) is 19.8 Å². The number of nitrogens with zero attached hydrogens (tertiary/aromatic N) is 2. The van der Waals surface area contributed by atoms with Gasteiger partial charge in [-0.05, 0) is 59.2 Å². The summed E-state index contributed by atoms with van der Waals surface area (Å²) in [5.74, 6) is 0. The van der Waals surface area contributed by atoms with Gasteiger partial charge in [-0.2, -0.15) is 5.26 Å². The van der Waals surface area contributed by atoms with Crippen LogP contribution in [0, 0.1) is 11.3 Å². The molecule has 0 saturated carbocycles. The highest BCUT2D eigenvalue weighted by atomic mass is 15.2. The summed E-state index contributed by atoms with van der Waals surface area (Å²) in [4.78, 5) is 2.65. The molecule has 1 saturated heterocycles. The fourth-order valence-electron chi connectivity index (χ4n) is 2.89. The number of rotatable bonds is 7. The molecule has 2 atom stereocenters. The lowest BCUT2D eigenvalue weighted by molar-refractivity contribution is 0.134. The molecule has 1 fully saturated rings. The fraction of sp³-hybridized carbons (Fsp3) is 0.933. The Hall–Kier alpha value is -0.590. The molecule has 0 bridgehead atoms. The number of likely N-dealkylation sites (tertiary alicyclic amines) is 1. The third-order valence-electron chi connectivity index (χ3n) is 4.29. The van der Waals surface area contributed by atoms with Crippen LogP contribution in [0.15, 0.2) is 0 Å². The zero-order valence-corrected chi connectivity index (χ0v) is 12.3. The van der Waals surface area contributed by atoms with Crippen LogP contribution in [0.1, 0.15) is 58.8 Å². The first-order valence-electron chi connectivity index (χ1n) is 7.49. The van der Waals surface area contributed by atoms with Gasteiger partial charge in [-0.15, -0.1) is 0 Å². The van der Waals surface area contributed by atoms with Crippen LogP contribution in [0.2, 0.25) is 0 Å². The van der Waals surface area contributed by atoms with Crippen molar-refractivity contribution >= 4 is 0 Å². The van der Waals surface area contributed by atoms with E-state index in [1.54, 1.807) is 0 Å². The number of piperidine rings is 1. The molecule has 0 radical (unpaired) electrons. The highest BCUT2D eigenvalue weighted by Crippen LogP contribution is 2.22. The lowest BCUT2D eigenvalue weighted by Gasteiger charge is -2.36. The molecule has 2 unspecified atom stereocenters. The second-order valence-electron chi connectivity index (χ2n) is 5.77. The minimum Gasteiger partial charge on any atom is -0.303 e. The van der Waals surface area contributed by atoms with Gasteiger partial charge in [0.15, 0.2) is 0 Å². The molecule has 0 aliphatic carbocycles. The van der Waals surface area contributed by atoms with Crippen molar-refractivity contribution in [2.75, 3.05) is 20.1 Å². The topological polar surface area (TPSA) is 39.1 Å². The maximum atomic E-state index is 9.13. The van der Waals surface area contributed by atoms with Crippen LogP contribution in [0.5, 0.6) is 0 Å². The second-order valence-corrected chi connectivity index (χ2v) is 5.77. The normalized spacial score (nSPS) is 24.4. The SMILES string of the molecule is CCCC1CCCCN1CCCC(C)(C#N)NC. The van der Waals surface area contributed by atoms with E-state index in [9.17, 15) is 0 Å². The monoisotopic (exact) mass is 251 g/mol. The van der Waals surface area contributed by atoms with Crippen LogP contribution in [0.3, 0.4) is 0 Å². The molecule has 1 aliphatic rings. The minimum atomic E-state index is -0.351. The molecule has 1 heterocycles. The van der Waals surface area contributed by atoms with E-state index in [1.807, 2.05) is 14.0 Å². The number of hydrogen-bond donors (Lipinski definition) is 1. The van der Waals surface area contributed by atoms with Crippen LogP contribution < -0.4 is 5.32 Å². The molecule has 3 nitrogen and oxygen atoms in total. The van der Waals surface area contributed by atoms with Gasteiger partial charge in [-0.3, -0.25) is 0 Å². The molecule has 1 N–H and O–H groups in total. The molecule has 104 valence electrons. The zero-order chi connectivity index (χ0) is 13.4. The number of nitriles is 1. The van der Waals surface area contributed by atoms with Gasteiger partial charge in [0.05, 0.1) is 6.07 Å². The summed E-state index contributed by atoms with van der Waals surface area (Å²) in [7, 11) is 1.88. The summed E-state index contributed by atoms with van der Waals surface area (Å²) in [5, 5.41) is 12.3. The summed E-state index contributed by atoms with van der Waals surface area (Å²) < 4.78 is 0. The number of hydrogen-bond acceptors (Lipinski definition) is 3. The van der Waals surface area contributed by atoms with Crippen molar-refractivity contribution in [3.8, 4) is 6.07 Å². The third kappa shape index (κ3) is 4.59. The first-order chi connectivity index (χ1) is 8.65. The van der Waals surface area contributed by atoms with Crippen molar-refractivity contribution in [3.63, 3.8) is 0 Å². The molecule has 0 spiro atoms. The molecule has 0 amide bonds. The van der Waals surface area contributed by atoms with Crippen molar-refractivity contribution < 1.29 is 0 Å². The highest BCUT2D eigenvalue weighted by Gasteiger charge is 2.24. The molecular formula is C15H29N3. The molecule has 0 aromatic carbocycles. The van der Waals surface area contributed by atoms with Gasteiger partial charge in [0.2, 0.25) is 0 Å². The average Bonchev–Trinajstić information content (AvgIpc) is 2.41. The van der Waals surface area contributed by atoms with E-state index < -0.39 is 0 Å². The second kappa shape index (κ2) is 7.76. The van der Waals surface area contributed by atoms with E-state index in [-0.39, 0.29) is 5.54 Å². The van der Waals surface area contributed by atoms with Gasteiger partial charge >= 0.3 is 0 Å². The lowest BCUT2D eigenvalue weighted by Crippen LogP contribution is -2.42. The van der Waals surface area contributed by atoms with Crippen LogP contribution in [-0.4, -0.2) is 36.6 Å². The minimum absolute atomic E-state index is 0.351. The van der Waals surface area contributed by atoms with Crippen molar-refractivity contribution in [1.82, 2.24) is 10.2 Å². The Morgan fingerprint density at radius 2 is 2.22 bits per heavy atom. The van der Waals surface area contributed by atoms with Gasteiger partial charge in [0, 0.05) is 6.04 Å². The van der Waals surface area contributed by atoms with E-state index >= 15 is 0 Å². The first kappa shape index (κ1) is 15.5. The Morgan fingerprint density at radius 1 is 1.44 bits per heavy atom. The molecule has 0 aromatic heterocycles. The van der Waals surface area contributed by atoms with Crippen molar-refractivity contribution in [1.29, 1.82) is 5.26 Å². The van der Waals surface area contributed by atoms with E-state index in [1.165, 1.54) is 38.6 Å². The first-order valence-corrected chi connectivity index (χ1v) is 7.49. The van der Waals surface area contributed by atoms with Gasteiger partial charge < -0.3 is 10.2 Å². The smallest absolute Gasteiger partial charge is 0.103 e. The van der Waals surface area contributed by atoms with Crippen LogP contribution in [-0.2, 0) is 0 Å². The molecular weight excluding hydrogens is 222 g/mol. The Labute approximate surface area is 113 Å². The summed E-state index contributed by atoms with van der Waals surface area (Å²) >= 11 is 0. The fourth-order valence-corrected chi connectivity index (χ4v) is 2.89. The Kier molecular flexibility index (Phi) is 6.67. The Balaban J connectivity index is 2.34. The quantitative estimate of drug-likeness (QED) is 0.756.